The topological polar surface area (TPSA) is 20.3 Å². The number of likely N-dealkylation sites (tertiary alicyclic amines) is 1. The van der Waals surface area contributed by atoms with Gasteiger partial charge in [0.1, 0.15) is 0 Å². The van der Waals surface area contributed by atoms with E-state index >= 15 is 0 Å². The molecule has 0 aromatic rings. The number of rotatable bonds is 0. The molecule has 1 saturated heterocycles. The average Bonchev–Trinajstić information content (AvgIpc) is 2.09. The molecule has 0 amide bonds. The van der Waals surface area contributed by atoms with Crippen LogP contribution in [0.3, 0.4) is 0 Å². The minimum atomic E-state index is -1.09. The Balaban J connectivity index is 2.12. The zero-order valence-corrected chi connectivity index (χ0v) is 9.16. The first-order valence-corrected chi connectivity index (χ1v) is 5.33. The van der Waals surface area contributed by atoms with Crippen LogP contribution in [0.4, 0.5) is 0 Å². The van der Waals surface area contributed by atoms with E-state index in [0.717, 1.165) is 25.9 Å². The number of nitrogens with zero attached hydrogens (tertiary/aromatic N) is 1. The number of carbonyl (C=O) groups is 1. The number of carbonyl (C=O) groups excluding carboxylic acids is 1. The third kappa shape index (κ3) is 1.23. The molecule has 0 unspecified atom stereocenters. The van der Waals surface area contributed by atoms with Crippen molar-refractivity contribution < 1.29 is 4.79 Å². The van der Waals surface area contributed by atoms with Gasteiger partial charge in [-0.25, -0.2) is 0 Å². The lowest BCUT2D eigenvalue weighted by Crippen LogP contribution is -2.61. The summed E-state index contributed by atoms with van der Waals surface area (Å²) in [6.45, 7) is 1.99. The molecule has 1 aliphatic heterocycles. The third-order valence-electron chi connectivity index (χ3n) is 3.46. The van der Waals surface area contributed by atoms with E-state index in [1.54, 1.807) is 0 Å². The van der Waals surface area contributed by atoms with Crippen LogP contribution in [-0.2, 0) is 4.79 Å². The van der Waals surface area contributed by atoms with Gasteiger partial charge in [-0.3, -0.25) is 4.79 Å². The molecular weight excluding hydrogens is 209 g/mol. The molecule has 2 nitrogen and oxygen atoms in total. The zero-order valence-electron chi connectivity index (χ0n) is 7.65. The number of alkyl halides is 2. The molecule has 0 bridgehead atoms. The largest absolute Gasteiger partial charge is 0.306 e. The lowest BCUT2D eigenvalue weighted by atomic mass is 9.61. The molecule has 2 fully saturated rings. The maximum atomic E-state index is 11.2. The molecule has 0 N–H and O–H groups in total. The summed E-state index contributed by atoms with van der Waals surface area (Å²) in [7, 11) is 2.08. The Morgan fingerprint density at radius 2 is 1.85 bits per heavy atom. The molecule has 1 saturated carbocycles. The van der Waals surface area contributed by atoms with Gasteiger partial charge in [-0.15, -0.1) is 0 Å². The summed E-state index contributed by atoms with van der Waals surface area (Å²) in [5.74, 6) is 0.000358. The van der Waals surface area contributed by atoms with E-state index in [-0.39, 0.29) is 11.2 Å². The van der Waals surface area contributed by atoms with E-state index in [1.165, 1.54) is 0 Å². The molecule has 1 aliphatic carbocycles. The van der Waals surface area contributed by atoms with Crippen LogP contribution in [0.1, 0.15) is 19.3 Å². The van der Waals surface area contributed by atoms with Crippen molar-refractivity contribution in [1.29, 1.82) is 0 Å². The second-order valence-electron chi connectivity index (χ2n) is 4.26. The first-order valence-electron chi connectivity index (χ1n) is 4.58. The second kappa shape index (κ2) is 2.85. The fourth-order valence-electron chi connectivity index (χ4n) is 2.26. The fraction of sp³-hybridized carbons (Fsp3) is 0.889. The molecule has 2 rings (SSSR count). The Labute approximate surface area is 88.2 Å². The van der Waals surface area contributed by atoms with Crippen molar-refractivity contribution in [2.45, 2.75) is 23.6 Å². The van der Waals surface area contributed by atoms with Gasteiger partial charge in [-0.05, 0) is 33.0 Å². The van der Waals surface area contributed by atoms with E-state index in [9.17, 15) is 4.79 Å². The summed E-state index contributed by atoms with van der Waals surface area (Å²) in [6.07, 6.45) is 2.47. The third-order valence-corrected chi connectivity index (χ3v) is 4.68. The molecule has 4 heteroatoms. The van der Waals surface area contributed by atoms with Crippen molar-refractivity contribution in [3.05, 3.63) is 0 Å². The Morgan fingerprint density at radius 3 is 2.23 bits per heavy atom. The van der Waals surface area contributed by atoms with Crippen LogP contribution in [0.5, 0.6) is 0 Å². The first kappa shape index (κ1) is 9.75. The van der Waals surface area contributed by atoms with Crippen LogP contribution in [0.2, 0.25) is 0 Å². The summed E-state index contributed by atoms with van der Waals surface area (Å²) in [6, 6.07) is 0. The van der Waals surface area contributed by atoms with Gasteiger partial charge in [-0.2, -0.15) is 0 Å². The van der Waals surface area contributed by atoms with Crippen LogP contribution < -0.4 is 0 Å². The van der Waals surface area contributed by atoms with Gasteiger partial charge in [0.05, 0.1) is 0 Å². The quantitative estimate of drug-likeness (QED) is 0.583. The van der Waals surface area contributed by atoms with Crippen LogP contribution >= 0.6 is 23.2 Å². The fourth-order valence-corrected chi connectivity index (χ4v) is 2.90. The molecule has 2 aliphatic rings. The molecule has 1 spiro atoms. The van der Waals surface area contributed by atoms with Gasteiger partial charge >= 0.3 is 0 Å². The lowest BCUT2D eigenvalue weighted by Gasteiger charge is -2.54. The van der Waals surface area contributed by atoms with Crippen molar-refractivity contribution in [2.75, 3.05) is 20.1 Å². The van der Waals surface area contributed by atoms with Gasteiger partial charge in [0.2, 0.25) is 0 Å². The summed E-state index contributed by atoms with van der Waals surface area (Å²) in [5, 5.41) is 0. The minimum Gasteiger partial charge on any atom is -0.306 e. The van der Waals surface area contributed by atoms with Crippen LogP contribution in [0.15, 0.2) is 0 Å². The monoisotopic (exact) mass is 221 g/mol. The Kier molecular flexibility index (Phi) is 2.14. The minimum absolute atomic E-state index is 0.000358. The van der Waals surface area contributed by atoms with Crippen LogP contribution in [0, 0.1) is 5.41 Å². The standard InChI is InChI=1S/C9H13Cl2NO/c1-12-4-2-8(3-5-12)6-7(13)9(8,10)11/h2-6H2,1H3. The molecular formula is C9H13Cl2NO. The predicted octanol–water partition coefficient (Wildman–Crippen LogP) is 1.85. The van der Waals surface area contributed by atoms with Gasteiger partial charge in [0.15, 0.2) is 10.1 Å². The van der Waals surface area contributed by atoms with Gasteiger partial charge < -0.3 is 4.90 Å². The predicted molar refractivity (Wildman–Crippen MR) is 53.2 cm³/mol. The molecule has 0 aromatic heterocycles. The van der Waals surface area contributed by atoms with E-state index in [2.05, 4.69) is 11.9 Å². The highest BCUT2D eigenvalue weighted by Crippen LogP contribution is 2.59. The molecule has 74 valence electrons. The number of piperidine rings is 1. The Hall–Kier alpha value is 0.210. The second-order valence-corrected chi connectivity index (χ2v) is 5.59. The number of ketones is 1. The van der Waals surface area contributed by atoms with Crippen molar-refractivity contribution >= 4 is 29.0 Å². The number of hydrogen-bond acceptors (Lipinski definition) is 2. The summed E-state index contributed by atoms with van der Waals surface area (Å²) < 4.78 is -1.09. The van der Waals surface area contributed by atoms with Gasteiger partial charge in [0, 0.05) is 11.8 Å². The Bertz CT molecular complexity index is 244. The highest BCUT2D eigenvalue weighted by atomic mass is 35.5. The molecule has 0 radical (unpaired) electrons. The normalized spacial score (nSPS) is 31.8. The SMILES string of the molecule is CN1CCC2(CC1)CC(=O)C2(Cl)Cl. The van der Waals surface area contributed by atoms with Gasteiger partial charge in [-0.1, -0.05) is 23.2 Å². The van der Waals surface area contributed by atoms with E-state index < -0.39 is 4.33 Å². The van der Waals surface area contributed by atoms with Crippen molar-refractivity contribution in [3.63, 3.8) is 0 Å². The molecule has 13 heavy (non-hydrogen) atoms. The van der Waals surface area contributed by atoms with Crippen LogP contribution in [-0.4, -0.2) is 35.2 Å². The van der Waals surface area contributed by atoms with Crippen molar-refractivity contribution in [2.24, 2.45) is 5.41 Å². The van der Waals surface area contributed by atoms with Gasteiger partial charge in [0.25, 0.3) is 0 Å². The first-order chi connectivity index (χ1) is 5.98. The maximum Gasteiger partial charge on any atom is 0.181 e. The van der Waals surface area contributed by atoms with E-state index in [0.29, 0.717) is 6.42 Å². The number of hydrogen-bond donors (Lipinski definition) is 0. The molecule has 0 aromatic carbocycles. The Morgan fingerprint density at radius 1 is 1.31 bits per heavy atom. The zero-order chi connectivity index (χ0) is 9.69. The van der Waals surface area contributed by atoms with Crippen LogP contribution in [0.25, 0.3) is 0 Å². The van der Waals surface area contributed by atoms with E-state index in [4.69, 9.17) is 23.2 Å². The lowest BCUT2D eigenvalue weighted by molar-refractivity contribution is -0.137. The van der Waals surface area contributed by atoms with Crippen molar-refractivity contribution in [3.8, 4) is 0 Å². The smallest absolute Gasteiger partial charge is 0.181 e. The highest BCUT2D eigenvalue weighted by molar-refractivity contribution is 6.61. The average molecular weight is 222 g/mol. The number of Topliss-reactive ketones (excluding diaryl/α,β-unsaturated/α-hetero) is 1. The summed E-state index contributed by atoms with van der Waals surface area (Å²) >= 11 is 12.1. The highest BCUT2D eigenvalue weighted by Gasteiger charge is 2.64. The summed E-state index contributed by atoms with van der Waals surface area (Å²) in [4.78, 5) is 13.5. The molecule has 0 atom stereocenters. The maximum absolute atomic E-state index is 11.2. The van der Waals surface area contributed by atoms with Crippen molar-refractivity contribution in [1.82, 2.24) is 4.90 Å². The molecule has 1 heterocycles. The summed E-state index contributed by atoms with van der Waals surface area (Å²) in [5.41, 5.74) is -0.111. The number of halogens is 2. The van der Waals surface area contributed by atoms with E-state index in [1.807, 2.05) is 0 Å².